The van der Waals surface area contributed by atoms with Crippen molar-refractivity contribution in [1.82, 2.24) is 15.0 Å². The van der Waals surface area contributed by atoms with E-state index in [1.807, 2.05) is 43.3 Å². The van der Waals surface area contributed by atoms with Gasteiger partial charge in [-0.2, -0.15) is 15.0 Å². The second-order valence-corrected chi connectivity index (χ2v) is 6.69. The third-order valence-electron chi connectivity index (χ3n) is 4.54. The van der Waals surface area contributed by atoms with Crippen molar-refractivity contribution in [3.05, 3.63) is 60.7 Å². The van der Waals surface area contributed by atoms with E-state index in [-0.39, 0.29) is 5.97 Å². The van der Waals surface area contributed by atoms with Crippen LogP contribution in [-0.2, 0) is 16.1 Å². The second-order valence-electron chi connectivity index (χ2n) is 6.69. The molecule has 0 aliphatic rings. The van der Waals surface area contributed by atoms with Crippen molar-refractivity contribution in [3.8, 4) is 22.5 Å². The standard InChI is InChI=1S/C23H27N3O2/c1-2-28-21(27)17-11-3-4-12-18-26-24-22(19-13-7-5-8-14-19)23(25-26)20-15-9-6-10-16-20/h5-10,13-16H,2-4,11-12,17-18H2,1H3. The second kappa shape index (κ2) is 10.4. The van der Waals surface area contributed by atoms with Crippen molar-refractivity contribution in [1.29, 1.82) is 0 Å². The number of carbonyl (C=O) groups is 1. The first-order valence-electron chi connectivity index (χ1n) is 9.99. The van der Waals surface area contributed by atoms with Gasteiger partial charge in [-0.3, -0.25) is 4.79 Å². The van der Waals surface area contributed by atoms with Gasteiger partial charge in [-0.15, -0.1) is 0 Å². The highest BCUT2D eigenvalue weighted by Gasteiger charge is 2.14. The summed E-state index contributed by atoms with van der Waals surface area (Å²) in [4.78, 5) is 13.2. The van der Waals surface area contributed by atoms with Crippen LogP contribution in [-0.4, -0.2) is 27.6 Å². The third-order valence-corrected chi connectivity index (χ3v) is 4.54. The molecule has 0 saturated carbocycles. The van der Waals surface area contributed by atoms with Crippen LogP contribution in [0.25, 0.3) is 22.5 Å². The van der Waals surface area contributed by atoms with E-state index in [1.54, 1.807) is 4.80 Å². The van der Waals surface area contributed by atoms with Gasteiger partial charge in [0.15, 0.2) is 0 Å². The Morgan fingerprint density at radius 2 is 1.36 bits per heavy atom. The molecule has 1 aromatic heterocycles. The van der Waals surface area contributed by atoms with Crippen molar-refractivity contribution < 1.29 is 9.53 Å². The Bertz CT molecular complexity index is 803. The monoisotopic (exact) mass is 377 g/mol. The average molecular weight is 377 g/mol. The summed E-state index contributed by atoms with van der Waals surface area (Å²) in [5, 5.41) is 9.52. The van der Waals surface area contributed by atoms with Crippen LogP contribution in [0.2, 0.25) is 0 Å². The Balaban J connectivity index is 1.61. The summed E-state index contributed by atoms with van der Waals surface area (Å²) in [7, 11) is 0. The number of ether oxygens (including phenoxy) is 1. The van der Waals surface area contributed by atoms with Crippen molar-refractivity contribution in [2.75, 3.05) is 6.61 Å². The summed E-state index contributed by atoms with van der Waals surface area (Å²) in [6.07, 6.45) is 4.42. The molecule has 146 valence electrons. The van der Waals surface area contributed by atoms with Gasteiger partial charge in [0.05, 0.1) is 13.2 Å². The number of hydrogen-bond donors (Lipinski definition) is 0. The van der Waals surface area contributed by atoms with Gasteiger partial charge in [-0.05, 0) is 19.8 Å². The molecule has 0 atom stereocenters. The Hall–Kier alpha value is -2.95. The molecule has 5 heteroatoms. The molecule has 0 bridgehead atoms. The molecule has 3 rings (SSSR count). The van der Waals surface area contributed by atoms with E-state index in [2.05, 4.69) is 24.3 Å². The minimum atomic E-state index is -0.101. The Labute approximate surface area is 166 Å². The van der Waals surface area contributed by atoms with Gasteiger partial charge in [0.2, 0.25) is 0 Å². The summed E-state index contributed by atoms with van der Waals surface area (Å²) >= 11 is 0. The van der Waals surface area contributed by atoms with Gasteiger partial charge in [-0.1, -0.05) is 73.5 Å². The molecule has 0 amide bonds. The van der Waals surface area contributed by atoms with Crippen LogP contribution in [0.5, 0.6) is 0 Å². The lowest BCUT2D eigenvalue weighted by Gasteiger charge is -2.02. The number of aryl methyl sites for hydroxylation is 1. The topological polar surface area (TPSA) is 57.0 Å². The first kappa shape index (κ1) is 19.8. The molecular formula is C23H27N3O2. The number of benzene rings is 2. The maximum atomic E-state index is 11.4. The van der Waals surface area contributed by atoms with Crippen molar-refractivity contribution in [2.24, 2.45) is 0 Å². The highest BCUT2D eigenvalue weighted by atomic mass is 16.5. The van der Waals surface area contributed by atoms with E-state index >= 15 is 0 Å². The highest BCUT2D eigenvalue weighted by Crippen LogP contribution is 2.28. The molecule has 0 fully saturated rings. The van der Waals surface area contributed by atoms with Gasteiger partial charge in [-0.25, -0.2) is 0 Å². The quantitative estimate of drug-likeness (QED) is 0.363. The lowest BCUT2D eigenvalue weighted by molar-refractivity contribution is -0.143. The third kappa shape index (κ3) is 5.52. The fraction of sp³-hybridized carbons (Fsp3) is 0.348. The first-order chi connectivity index (χ1) is 13.8. The minimum absolute atomic E-state index is 0.101. The van der Waals surface area contributed by atoms with Crippen molar-refractivity contribution in [2.45, 2.75) is 45.6 Å². The molecule has 0 aliphatic carbocycles. The zero-order chi connectivity index (χ0) is 19.6. The predicted molar refractivity (Wildman–Crippen MR) is 111 cm³/mol. The van der Waals surface area contributed by atoms with E-state index in [0.29, 0.717) is 13.0 Å². The number of aromatic nitrogens is 3. The van der Waals surface area contributed by atoms with Gasteiger partial charge >= 0.3 is 5.97 Å². The van der Waals surface area contributed by atoms with Crippen LogP contribution in [0.15, 0.2) is 60.7 Å². The van der Waals surface area contributed by atoms with Crippen molar-refractivity contribution >= 4 is 5.97 Å². The molecule has 3 aromatic rings. The normalized spacial score (nSPS) is 10.8. The summed E-state index contributed by atoms with van der Waals surface area (Å²) in [6, 6.07) is 20.4. The Morgan fingerprint density at radius 3 is 1.89 bits per heavy atom. The molecule has 0 saturated heterocycles. The van der Waals surface area contributed by atoms with E-state index in [4.69, 9.17) is 14.9 Å². The minimum Gasteiger partial charge on any atom is -0.466 e. The smallest absolute Gasteiger partial charge is 0.305 e. The molecule has 28 heavy (non-hydrogen) atoms. The lowest BCUT2D eigenvalue weighted by atomic mass is 10.1. The molecule has 2 aromatic carbocycles. The molecule has 0 radical (unpaired) electrons. The van der Waals surface area contributed by atoms with E-state index in [9.17, 15) is 4.79 Å². The van der Waals surface area contributed by atoms with Crippen LogP contribution in [0.4, 0.5) is 0 Å². The highest BCUT2D eigenvalue weighted by molar-refractivity contribution is 5.77. The predicted octanol–water partition coefficient (Wildman–Crippen LogP) is 5.13. The summed E-state index contributed by atoms with van der Waals surface area (Å²) in [6.45, 7) is 3.06. The molecule has 0 unspecified atom stereocenters. The molecular weight excluding hydrogens is 350 g/mol. The Kier molecular flexibility index (Phi) is 7.36. The number of rotatable bonds is 10. The zero-order valence-corrected chi connectivity index (χ0v) is 16.4. The average Bonchev–Trinajstić information content (AvgIpc) is 3.16. The molecule has 1 heterocycles. The SMILES string of the molecule is CCOC(=O)CCCCCCn1nc(-c2ccccc2)c(-c2ccccc2)n1. The number of nitrogens with zero attached hydrogens (tertiary/aromatic N) is 3. The molecule has 0 spiro atoms. The number of carbonyl (C=O) groups excluding carboxylic acids is 1. The fourth-order valence-corrected chi connectivity index (χ4v) is 3.14. The summed E-state index contributed by atoms with van der Waals surface area (Å²) in [5.74, 6) is -0.101. The zero-order valence-electron chi connectivity index (χ0n) is 16.4. The maximum Gasteiger partial charge on any atom is 0.305 e. The van der Waals surface area contributed by atoms with Gasteiger partial charge in [0.25, 0.3) is 0 Å². The van der Waals surface area contributed by atoms with Gasteiger partial charge < -0.3 is 4.74 Å². The first-order valence-corrected chi connectivity index (χ1v) is 9.99. The van der Waals surface area contributed by atoms with Crippen LogP contribution in [0, 0.1) is 0 Å². The number of esters is 1. The van der Waals surface area contributed by atoms with Crippen molar-refractivity contribution in [3.63, 3.8) is 0 Å². The molecule has 0 N–H and O–H groups in total. The van der Waals surface area contributed by atoms with Crippen LogP contribution < -0.4 is 0 Å². The fourth-order valence-electron chi connectivity index (χ4n) is 3.14. The summed E-state index contributed by atoms with van der Waals surface area (Å²) < 4.78 is 4.95. The molecule has 0 aliphatic heterocycles. The van der Waals surface area contributed by atoms with Gasteiger partial charge in [0.1, 0.15) is 11.4 Å². The number of hydrogen-bond acceptors (Lipinski definition) is 4. The van der Waals surface area contributed by atoms with E-state index in [1.165, 1.54) is 0 Å². The van der Waals surface area contributed by atoms with Crippen LogP contribution >= 0.6 is 0 Å². The number of unbranched alkanes of at least 4 members (excludes halogenated alkanes) is 3. The molecule has 5 nitrogen and oxygen atoms in total. The summed E-state index contributed by atoms with van der Waals surface area (Å²) in [5.41, 5.74) is 3.97. The van der Waals surface area contributed by atoms with Gasteiger partial charge in [0, 0.05) is 17.5 Å². The maximum absolute atomic E-state index is 11.4. The van der Waals surface area contributed by atoms with E-state index in [0.717, 1.165) is 54.7 Å². The largest absolute Gasteiger partial charge is 0.466 e. The van der Waals surface area contributed by atoms with Crippen LogP contribution in [0.3, 0.4) is 0 Å². The van der Waals surface area contributed by atoms with E-state index < -0.39 is 0 Å². The van der Waals surface area contributed by atoms with Crippen LogP contribution in [0.1, 0.15) is 39.0 Å². The Morgan fingerprint density at radius 1 is 0.821 bits per heavy atom. The lowest BCUT2D eigenvalue weighted by Crippen LogP contribution is -2.04.